The first-order valence-corrected chi connectivity index (χ1v) is 6.38. The van der Waals surface area contributed by atoms with Crippen molar-refractivity contribution in [3.05, 3.63) is 34.1 Å². The lowest BCUT2D eigenvalue weighted by molar-refractivity contribution is 0.341. The van der Waals surface area contributed by atoms with Crippen LogP contribution in [0.1, 0.15) is 26.3 Å². The third kappa shape index (κ3) is 4.22. The zero-order chi connectivity index (χ0) is 12.2. The standard InChI is InChI=1S/C13H19BrFN/c1-4-16-9-13(2,3)8-10-7-11(15)5-6-12(10)14/h5-7,16H,4,8-9H2,1-3H3. The Kier molecular flexibility index (Phi) is 4.93. The summed E-state index contributed by atoms with van der Waals surface area (Å²) in [6.45, 7) is 8.37. The van der Waals surface area contributed by atoms with E-state index >= 15 is 0 Å². The molecule has 0 heterocycles. The summed E-state index contributed by atoms with van der Waals surface area (Å²) in [6.07, 6.45) is 0.859. The minimum atomic E-state index is -0.169. The van der Waals surface area contributed by atoms with Crippen LogP contribution in [-0.4, -0.2) is 13.1 Å². The summed E-state index contributed by atoms with van der Waals surface area (Å²) in [4.78, 5) is 0. The molecule has 1 aromatic rings. The Bertz CT molecular complexity index is 350. The third-order valence-corrected chi connectivity index (χ3v) is 3.30. The minimum Gasteiger partial charge on any atom is -0.316 e. The summed E-state index contributed by atoms with van der Waals surface area (Å²) < 4.78 is 14.1. The van der Waals surface area contributed by atoms with E-state index in [1.165, 1.54) is 6.07 Å². The van der Waals surface area contributed by atoms with Gasteiger partial charge in [-0.3, -0.25) is 0 Å². The Balaban J connectivity index is 2.74. The maximum atomic E-state index is 13.1. The molecule has 1 N–H and O–H groups in total. The monoisotopic (exact) mass is 287 g/mol. The summed E-state index contributed by atoms with van der Waals surface area (Å²) >= 11 is 3.46. The number of rotatable bonds is 5. The van der Waals surface area contributed by atoms with Gasteiger partial charge in [-0.25, -0.2) is 4.39 Å². The molecule has 1 rings (SSSR count). The summed E-state index contributed by atoms with van der Waals surface area (Å²) in [6, 6.07) is 4.86. The lowest BCUT2D eigenvalue weighted by atomic mass is 9.85. The van der Waals surface area contributed by atoms with Crippen LogP contribution in [0.15, 0.2) is 22.7 Å². The highest BCUT2D eigenvalue weighted by Gasteiger charge is 2.19. The first kappa shape index (κ1) is 13.7. The summed E-state index contributed by atoms with van der Waals surface area (Å²) in [5.41, 5.74) is 1.16. The van der Waals surface area contributed by atoms with Crippen molar-refractivity contribution in [2.45, 2.75) is 27.2 Å². The zero-order valence-corrected chi connectivity index (χ0v) is 11.7. The molecule has 0 saturated heterocycles. The maximum Gasteiger partial charge on any atom is 0.123 e. The van der Waals surface area contributed by atoms with Gasteiger partial charge < -0.3 is 5.32 Å². The molecular weight excluding hydrogens is 269 g/mol. The molecule has 0 fully saturated rings. The first-order chi connectivity index (χ1) is 7.44. The highest BCUT2D eigenvalue weighted by molar-refractivity contribution is 9.10. The van der Waals surface area contributed by atoms with Crippen LogP contribution >= 0.6 is 15.9 Å². The SMILES string of the molecule is CCNCC(C)(C)Cc1cc(F)ccc1Br. The van der Waals surface area contributed by atoms with Crippen LogP contribution in [-0.2, 0) is 6.42 Å². The molecule has 0 saturated carbocycles. The Labute approximate surface area is 106 Å². The molecule has 0 aliphatic carbocycles. The summed E-state index contributed by atoms with van der Waals surface area (Å²) in [5.74, 6) is -0.169. The maximum absolute atomic E-state index is 13.1. The second kappa shape index (κ2) is 5.78. The van der Waals surface area contributed by atoms with Gasteiger partial charge in [0.05, 0.1) is 0 Å². The van der Waals surface area contributed by atoms with E-state index in [2.05, 4.69) is 42.0 Å². The van der Waals surface area contributed by atoms with Crippen molar-refractivity contribution in [2.75, 3.05) is 13.1 Å². The second-order valence-corrected chi connectivity index (χ2v) is 5.71. The van der Waals surface area contributed by atoms with E-state index in [-0.39, 0.29) is 11.2 Å². The van der Waals surface area contributed by atoms with Crippen LogP contribution in [0.5, 0.6) is 0 Å². The first-order valence-electron chi connectivity index (χ1n) is 5.59. The van der Waals surface area contributed by atoms with Gasteiger partial charge >= 0.3 is 0 Å². The van der Waals surface area contributed by atoms with Crippen molar-refractivity contribution in [1.29, 1.82) is 0 Å². The van der Waals surface area contributed by atoms with Gasteiger partial charge in [0.2, 0.25) is 0 Å². The van der Waals surface area contributed by atoms with Crippen molar-refractivity contribution < 1.29 is 4.39 Å². The van der Waals surface area contributed by atoms with Gasteiger partial charge in [-0.2, -0.15) is 0 Å². The van der Waals surface area contributed by atoms with E-state index in [0.29, 0.717) is 0 Å². The predicted octanol–water partition coefficient (Wildman–Crippen LogP) is 3.77. The lowest BCUT2D eigenvalue weighted by Crippen LogP contribution is -2.31. The van der Waals surface area contributed by atoms with Crippen LogP contribution in [0.2, 0.25) is 0 Å². The van der Waals surface area contributed by atoms with Gasteiger partial charge in [0.15, 0.2) is 0 Å². The molecule has 0 aliphatic rings. The Morgan fingerprint density at radius 3 is 2.69 bits per heavy atom. The van der Waals surface area contributed by atoms with E-state index in [9.17, 15) is 4.39 Å². The Morgan fingerprint density at radius 1 is 1.38 bits per heavy atom. The fourth-order valence-corrected chi connectivity index (χ4v) is 2.11. The molecular formula is C13H19BrFN. The van der Waals surface area contributed by atoms with Crippen LogP contribution in [0.4, 0.5) is 4.39 Å². The number of benzene rings is 1. The van der Waals surface area contributed by atoms with Crippen molar-refractivity contribution in [1.82, 2.24) is 5.32 Å². The normalized spacial score (nSPS) is 11.8. The highest BCUT2D eigenvalue weighted by Crippen LogP contribution is 2.26. The summed E-state index contributed by atoms with van der Waals surface area (Å²) in [7, 11) is 0. The zero-order valence-electron chi connectivity index (χ0n) is 10.1. The number of halogens is 2. The largest absolute Gasteiger partial charge is 0.316 e. The molecule has 0 bridgehead atoms. The average molecular weight is 288 g/mol. The van der Waals surface area contributed by atoms with Crippen molar-refractivity contribution in [3.8, 4) is 0 Å². The van der Waals surface area contributed by atoms with Crippen LogP contribution < -0.4 is 5.32 Å². The van der Waals surface area contributed by atoms with E-state index in [4.69, 9.17) is 0 Å². The van der Waals surface area contributed by atoms with Gasteiger partial charge in [0.1, 0.15) is 5.82 Å². The van der Waals surface area contributed by atoms with Gasteiger partial charge in [0, 0.05) is 11.0 Å². The molecule has 0 radical (unpaired) electrons. The quantitative estimate of drug-likeness (QED) is 0.869. The molecule has 1 aromatic carbocycles. The van der Waals surface area contributed by atoms with Crippen molar-refractivity contribution >= 4 is 15.9 Å². The molecule has 90 valence electrons. The fourth-order valence-electron chi connectivity index (χ4n) is 1.72. The van der Waals surface area contributed by atoms with Gasteiger partial charge in [-0.15, -0.1) is 0 Å². The molecule has 0 aromatic heterocycles. The Morgan fingerprint density at radius 2 is 2.06 bits per heavy atom. The molecule has 0 atom stereocenters. The van der Waals surface area contributed by atoms with Crippen molar-refractivity contribution in [2.24, 2.45) is 5.41 Å². The fraction of sp³-hybridized carbons (Fsp3) is 0.538. The van der Waals surface area contributed by atoms with Crippen molar-refractivity contribution in [3.63, 3.8) is 0 Å². The Hall–Kier alpha value is -0.410. The van der Waals surface area contributed by atoms with E-state index in [1.807, 2.05) is 0 Å². The van der Waals surface area contributed by atoms with E-state index in [0.717, 1.165) is 29.5 Å². The topological polar surface area (TPSA) is 12.0 Å². The molecule has 16 heavy (non-hydrogen) atoms. The number of nitrogens with one attached hydrogen (secondary N) is 1. The molecule has 1 nitrogen and oxygen atoms in total. The molecule has 0 aliphatic heterocycles. The average Bonchev–Trinajstić information content (AvgIpc) is 2.20. The number of hydrogen-bond acceptors (Lipinski definition) is 1. The smallest absolute Gasteiger partial charge is 0.123 e. The van der Waals surface area contributed by atoms with E-state index < -0.39 is 0 Å². The van der Waals surface area contributed by atoms with Crippen LogP contribution in [0.25, 0.3) is 0 Å². The van der Waals surface area contributed by atoms with Crippen LogP contribution in [0, 0.1) is 11.2 Å². The second-order valence-electron chi connectivity index (χ2n) is 4.86. The van der Waals surface area contributed by atoms with E-state index in [1.54, 1.807) is 12.1 Å². The third-order valence-electron chi connectivity index (χ3n) is 2.53. The van der Waals surface area contributed by atoms with Gasteiger partial charge in [-0.1, -0.05) is 36.7 Å². The van der Waals surface area contributed by atoms with Gasteiger partial charge in [-0.05, 0) is 42.1 Å². The molecule has 0 amide bonds. The molecule has 3 heteroatoms. The minimum absolute atomic E-state index is 0.131. The van der Waals surface area contributed by atoms with Crippen LogP contribution in [0.3, 0.4) is 0 Å². The molecule has 0 unspecified atom stereocenters. The van der Waals surface area contributed by atoms with Gasteiger partial charge in [0.25, 0.3) is 0 Å². The predicted molar refractivity (Wildman–Crippen MR) is 70.1 cm³/mol. The highest BCUT2D eigenvalue weighted by atomic mass is 79.9. The molecule has 0 spiro atoms. The number of hydrogen-bond donors (Lipinski definition) is 1. The lowest BCUT2D eigenvalue weighted by Gasteiger charge is -2.25. The summed E-state index contributed by atoms with van der Waals surface area (Å²) in [5, 5.41) is 3.33.